The zero-order valence-corrected chi connectivity index (χ0v) is 15.6. The topological polar surface area (TPSA) is 43.9 Å². The lowest BCUT2D eigenvalue weighted by atomic mass is 9.68. The van der Waals surface area contributed by atoms with Gasteiger partial charge in [-0.1, -0.05) is 30.3 Å². The molecule has 0 aromatic heterocycles. The first-order valence-electron chi connectivity index (χ1n) is 9.13. The van der Waals surface area contributed by atoms with Gasteiger partial charge in [0.2, 0.25) is 11.8 Å². The summed E-state index contributed by atoms with van der Waals surface area (Å²) >= 11 is 0. The molecule has 5 nitrogen and oxygen atoms in total. The van der Waals surface area contributed by atoms with Crippen LogP contribution in [0.2, 0.25) is 0 Å². The van der Waals surface area contributed by atoms with Crippen LogP contribution in [0.3, 0.4) is 0 Å². The molecule has 2 heterocycles. The van der Waals surface area contributed by atoms with Gasteiger partial charge in [-0.15, -0.1) is 0 Å². The molecule has 1 spiro atoms. The number of carbonyl (C=O) groups is 2. The van der Waals surface area contributed by atoms with Crippen LogP contribution >= 0.6 is 0 Å². The van der Waals surface area contributed by atoms with Gasteiger partial charge in [-0.05, 0) is 43.3 Å². The molecule has 2 fully saturated rings. The highest BCUT2D eigenvalue weighted by Crippen LogP contribution is 2.45. The summed E-state index contributed by atoms with van der Waals surface area (Å²) < 4.78 is 0. The Labute approximate surface area is 150 Å². The van der Waals surface area contributed by atoms with Gasteiger partial charge in [-0.2, -0.15) is 0 Å². The van der Waals surface area contributed by atoms with Crippen molar-refractivity contribution in [1.82, 2.24) is 14.7 Å². The van der Waals surface area contributed by atoms with Gasteiger partial charge >= 0.3 is 0 Å². The maximum atomic E-state index is 12.7. The minimum Gasteiger partial charge on any atom is -0.348 e. The molecule has 5 heteroatoms. The molecule has 0 N–H and O–H groups in total. The number of hydrogen-bond acceptors (Lipinski definition) is 3. The summed E-state index contributed by atoms with van der Waals surface area (Å²) in [5.41, 5.74) is 1.31. The third-order valence-electron chi connectivity index (χ3n) is 5.86. The minimum absolute atomic E-state index is 0.0325. The predicted molar refractivity (Wildman–Crippen MR) is 98.2 cm³/mol. The average molecular weight is 343 g/mol. The van der Waals surface area contributed by atoms with E-state index in [0.717, 1.165) is 44.5 Å². The van der Waals surface area contributed by atoms with Gasteiger partial charge in [-0.25, -0.2) is 0 Å². The smallest absolute Gasteiger partial charge is 0.236 e. The van der Waals surface area contributed by atoms with Crippen molar-refractivity contribution < 1.29 is 9.59 Å². The third-order valence-corrected chi connectivity index (χ3v) is 5.86. The monoisotopic (exact) mass is 343 g/mol. The normalized spacial score (nSPS) is 23.7. The van der Waals surface area contributed by atoms with E-state index >= 15 is 0 Å². The Kier molecular flexibility index (Phi) is 5.13. The van der Waals surface area contributed by atoms with Gasteiger partial charge in [-0.3, -0.25) is 14.5 Å². The molecule has 2 saturated heterocycles. The highest BCUT2D eigenvalue weighted by Gasteiger charge is 2.45. The molecule has 1 unspecified atom stereocenters. The fraction of sp³-hybridized carbons (Fsp3) is 0.600. The van der Waals surface area contributed by atoms with Crippen LogP contribution in [-0.2, 0) is 9.59 Å². The van der Waals surface area contributed by atoms with Crippen LogP contribution in [0.25, 0.3) is 0 Å². The second-order valence-electron chi connectivity index (χ2n) is 7.93. The van der Waals surface area contributed by atoms with Crippen molar-refractivity contribution in [3.8, 4) is 0 Å². The molecule has 0 saturated carbocycles. The molecule has 1 aromatic carbocycles. The van der Waals surface area contributed by atoms with Crippen molar-refractivity contribution in [2.75, 3.05) is 47.3 Å². The van der Waals surface area contributed by atoms with Gasteiger partial charge in [0.1, 0.15) is 0 Å². The van der Waals surface area contributed by atoms with Crippen LogP contribution in [0, 0.1) is 5.41 Å². The quantitative estimate of drug-likeness (QED) is 0.841. The van der Waals surface area contributed by atoms with Crippen molar-refractivity contribution in [2.45, 2.75) is 25.2 Å². The Hall–Kier alpha value is -1.88. The number of hydrogen-bond donors (Lipinski definition) is 0. The van der Waals surface area contributed by atoms with E-state index in [1.165, 1.54) is 0 Å². The molecule has 1 aromatic rings. The summed E-state index contributed by atoms with van der Waals surface area (Å²) in [4.78, 5) is 30.5. The summed E-state index contributed by atoms with van der Waals surface area (Å²) in [6, 6.07) is 10.2. The second-order valence-corrected chi connectivity index (χ2v) is 7.93. The Morgan fingerprint density at radius 1 is 1.20 bits per heavy atom. The van der Waals surface area contributed by atoms with E-state index in [1.54, 1.807) is 19.0 Å². The number of likely N-dealkylation sites (N-methyl/N-ethyl adjacent to an activating group) is 2. The summed E-state index contributed by atoms with van der Waals surface area (Å²) in [7, 11) is 5.54. The standard InChI is InChI=1S/C20H29N3O2/c1-21(2)18(24)14-23-11-9-20(10-12-23)13-17(19(25)22(3)15-20)16-7-5-4-6-8-16/h4-8,17H,9-15H2,1-3H3. The van der Waals surface area contributed by atoms with E-state index in [-0.39, 0.29) is 23.1 Å². The number of likely N-dealkylation sites (tertiary alicyclic amines) is 2. The lowest BCUT2D eigenvalue weighted by molar-refractivity contribution is -0.140. The first-order chi connectivity index (χ1) is 11.9. The molecule has 0 aliphatic carbocycles. The Balaban J connectivity index is 1.68. The van der Waals surface area contributed by atoms with E-state index in [1.807, 2.05) is 30.1 Å². The van der Waals surface area contributed by atoms with Gasteiger partial charge in [0.25, 0.3) is 0 Å². The summed E-state index contributed by atoms with van der Waals surface area (Å²) in [6.07, 6.45) is 3.03. The van der Waals surface area contributed by atoms with Gasteiger partial charge in [0.15, 0.2) is 0 Å². The zero-order valence-electron chi connectivity index (χ0n) is 15.6. The second kappa shape index (κ2) is 7.16. The average Bonchev–Trinajstić information content (AvgIpc) is 2.61. The lowest BCUT2D eigenvalue weighted by Gasteiger charge is -2.49. The highest BCUT2D eigenvalue weighted by atomic mass is 16.2. The first-order valence-corrected chi connectivity index (χ1v) is 9.13. The van der Waals surface area contributed by atoms with Crippen molar-refractivity contribution in [3.05, 3.63) is 35.9 Å². The lowest BCUT2D eigenvalue weighted by Crippen LogP contribution is -2.53. The predicted octanol–water partition coefficient (Wildman–Crippen LogP) is 1.80. The van der Waals surface area contributed by atoms with Crippen LogP contribution < -0.4 is 0 Å². The SMILES string of the molecule is CN(C)C(=O)CN1CCC2(CC1)CC(c1ccccc1)C(=O)N(C)C2. The Morgan fingerprint density at radius 3 is 2.44 bits per heavy atom. The molecule has 136 valence electrons. The number of benzene rings is 1. The van der Waals surface area contributed by atoms with E-state index in [2.05, 4.69) is 17.0 Å². The largest absolute Gasteiger partial charge is 0.348 e. The molecule has 3 rings (SSSR count). The molecule has 0 bridgehead atoms. The molecule has 2 amide bonds. The molecular weight excluding hydrogens is 314 g/mol. The maximum absolute atomic E-state index is 12.7. The number of nitrogens with zero attached hydrogens (tertiary/aromatic N) is 3. The molecule has 1 atom stereocenters. The fourth-order valence-electron chi connectivity index (χ4n) is 4.26. The summed E-state index contributed by atoms with van der Waals surface area (Å²) in [5.74, 6) is 0.367. The van der Waals surface area contributed by atoms with E-state index in [0.29, 0.717) is 6.54 Å². The van der Waals surface area contributed by atoms with Crippen LogP contribution in [-0.4, -0.2) is 73.8 Å². The van der Waals surface area contributed by atoms with Crippen LogP contribution in [0.15, 0.2) is 30.3 Å². The van der Waals surface area contributed by atoms with E-state index in [4.69, 9.17) is 0 Å². The number of carbonyl (C=O) groups excluding carboxylic acids is 2. The van der Waals surface area contributed by atoms with Crippen LogP contribution in [0.4, 0.5) is 0 Å². The summed E-state index contributed by atoms with van der Waals surface area (Å²) in [6.45, 7) is 3.21. The van der Waals surface area contributed by atoms with Crippen molar-refractivity contribution in [2.24, 2.45) is 5.41 Å². The van der Waals surface area contributed by atoms with Crippen molar-refractivity contribution in [1.29, 1.82) is 0 Å². The molecule has 25 heavy (non-hydrogen) atoms. The Bertz CT molecular complexity index is 621. The molecular formula is C20H29N3O2. The van der Waals surface area contributed by atoms with Gasteiger partial charge < -0.3 is 9.80 Å². The first kappa shape index (κ1) is 17.9. The third kappa shape index (κ3) is 3.87. The molecule has 0 radical (unpaired) electrons. The van der Waals surface area contributed by atoms with Gasteiger partial charge in [0, 0.05) is 27.7 Å². The zero-order chi connectivity index (χ0) is 18.0. The van der Waals surface area contributed by atoms with Crippen molar-refractivity contribution >= 4 is 11.8 Å². The summed E-state index contributed by atoms with van der Waals surface area (Å²) in [5, 5.41) is 0. The molecule has 2 aliphatic rings. The molecule has 2 aliphatic heterocycles. The number of rotatable bonds is 3. The van der Waals surface area contributed by atoms with Crippen LogP contribution in [0.5, 0.6) is 0 Å². The van der Waals surface area contributed by atoms with E-state index in [9.17, 15) is 9.59 Å². The number of amides is 2. The van der Waals surface area contributed by atoms with Gasteiger partial charge in [0.05, 0.1) is 12.5 Å². The maximum Gasteiger partial charge on any atom is 0.236 e. The van der Waals surface area contributed by atoms with Crippen molar-refractivity contribution in [3.63, 3.8) is 0 Å². The Morgan fingerprint density at radius 2 is 1.84 bits per heavy atom. The highest BCUT2D eigenvalue weighted by molar-refractivity contribution is 5.84. The number of piperidine rings is 2. The van der Waals surface area contributed by atoms with Crippen LogP contribution in [0.1, 0.15) is 30.7 Å². The fourth-order valence-corrected chi connectivity index (χ4v) is 4.26. The minimum atomic E-state index is -0.0325. The van der Waals surface area contributed by atoms with E-state index < -0.39 is 0 Å².